The van der Waals surface area contributed by atoms with Crippen LogP contribution in [0.1, 0.15) is 12.5 Å². The highest BCUT2D eigenvalue weighted by atomic mass is 16.6. The smallest absolute Gasteiger partial charge is 0.264 e. The molecular formula is C12H11N5O2. The summed E-state index contributed by atoms with van der Waals surface area (Å²) in [7, 11) is 0. The third-order valence-electron chi connectivity index (χ3n) is 2.39. The first-order chi connectivity index (χ1) is 9.18. The van der Waals surface area contributed by atoms with Crippen molar-refractivity contribution in [2.45, 2.75) is 6.92 Å². The quantitative estimate of drug-likeness (QED) is 0.515. The predicted octanol–water partition coefficient (Wildman–Crippen LogP) is 2.22. The highest BCUT2D eigenvalue weighted by Crippen LogP contribution is 2.20. The molecule has 2 aromatic heterocycles. The predicted molar refractivity (Wildman–Crippen MR) is 71.0 cm³/mol. The number of nitrogens with one attached hydrogen (secondary N) is 1. The molecule has 1 N–H and O–H groups in total. The van der Waals surface area contributed by atoms with Gasteiger partial charge in [0.05, 0.1) is 10.6 Å². The van der Waals surface area contributed by atoms with E-state index in [4.69, 9.17) is 0 Å². The Morgan fingerprint density at radius 3 is 2.84 bits per heavy atom. The van der Waals surface area contributed by atoms with Crippen LogP contribution in [0.3, 0.4) is 0 Å². The Morgan fingerprint density at radius 2 is 2.16 bits per heavy atom. The first-order valence-corrected chi connectivity index (χ1v) is 5.48. The maximum atomic E-state index is 10.8. The Balaban J connectivity index is 2.21. The first-order valence-electron chi connectivity index (χ1n) is 5.48. The fourth-order valence-corrected chi connectivity index (χ4v) is 1.41. The van der Waals surface area contributed by atoms with Gasteiger partial charge in [-0.15, -0.1) is 0 Å². The maximum Gasteiger partial charge on any atom is 0.313 e. The maximum absolute atomic E-state index is 10.8. The highest BCUT2D eigenvalue weighted by molar-refractivity contribution is 5.98. The Labute approximate surface area is 109 Å². The van der Waals surface area contributed by atoms with Crippen molar-refractivity contribution < 1.29 is 4.92 Å². The number of hydrogen-bond acceptors (Lipinski definition) is 6. The van der Waals surface area contributed by atoms with Crippen molar-refractivity contribution in [1.29, 1.82) is 0 Å². The minimum absolute atomic E-state index is 0.107. The molecule has 96 valence electrons. The largest absolute Gasteiger partial charge is 0.313 e. The van der Waals surface area contributed by atoms with Crippen molar-refractivity contribution in [3.63, 3.8) is 0 Å². The van der Waals surface area contributed by atoms with Gasteiger partial charge in [0, 0.05) is 30.2 Å². The van der Waals surface area contributed by atoms with Crippen LogP contribution in [0.2, 0.25) is 0 Å². The molecule has 0 saturated heterocycles. The zero-order valence-electron chi connectivity index (χ0n) is 10.1. The molecule has 0 atom stereocenters. The Kier molecular flexibility index (Phi) is 3.77. The van der Waals surface area contributed by atoms with Gasteiger partial charge in [-0.1, -0.05) is 6.07 Å². The molecule has 2 rings (SSSR count). The van der Waals surface area contributed by atoms with Crippen LogP contribution in [-0.4, -0.2) is 20.6 Å². The highest BCUT2D eigenvalue weighted by Gasteiger charge is 2.13. The summed E-state index contributed by atoms with van der Waals surface area (Å²) in [5.41, 5.74) is 3.97. The Bertz CT molecular complexity index is 613. The van der Waals surface area contributed by atoms with Crippen LogP contribution in [0.5, 0.6) is 0 Å². The summed E-state index contributed by atoms with van der Waals surface area (Å²) in [5.74, 6) is 0.107. The summed E-state index contributed by atoms with van der Waals surface area (Å²) < 4.78 is 0. The van der Waals surface area contributed by atoms with Gasteiger partial charge < -0.3 is 0 Å². The first kappa shape index (κ1) is 12.6. The zero-order chi connectivity index (χ0) is 13.7. The number of nitrogens with zero attached hydrogens (tertiary/aromatic N) is 4. The summed E-state index contributed by atoms with van der Waals surface area (Å²) in [6.07, 6.45) is 4.78. The third-order valence-corrected chi connectivity index (χ3v) is 2.39. The van der Waals surface area contributed by atoms with E-state index in [1.807, 2.05) is 6.07 Å². The van der Waals surface area contributed by atoms with Gasteiger partial charge in [-0.05, 0) is 19.1 Å². The molecule has 2 heterocycles. The molecule has 0 saturated carbocycles. The minimum atomic E-state index is -0.510. The van der Waals surface area contributed by atoms with Gasteiger partial charge in [-0.25, -0.2) is 4.98 Å². The SMILES string of the molecule is CC(=NNc1ncccc1[N+](=O)[O-])c1cccnc1. The van der Waals surface area contributed by atoms with Crippen LogP contribution in [0.4, 0.5) is 11.5 Å². The van der Waals surface area contributed by atoms with Crippen LogP contribution in [0.15, 0.2) is 48.0 Å². The van der Waals surface area contributed by atoms with E-state index in [0.29, 0.717) is 5.71 Å². The number of hydrazone groups is 1. The topological polar surface area (TPSA) is 93.3 Å². The molecule has 0 fully saturated rings. The Morgan fingerprint density at radius 1 is 1.37 bits per heavy atom. The number of hydrogen-bond donors (Lipinski definition) is 1. The molecule has 0 spiro atoms. The van der Waals surface area contributed by atoms with E-state index in [9.17, 15) is 10.1 Å². The number of anilines is 1. The van der Waals surface area contributed by atoms with Crippen LogP contribution >= 0.6 is 0 Å². The molecule has 7 heteroatoms. The molecule has 2 aromatic rings. The molecule has 0 radical (unpaired) electrons. The standard InChI is InChI=1S/C12H11N5O2/c1-9(10-4-2-6-13-8-10)15-16-12-11(17(18)19)5-3-7-14-12/h2-8H,1H3,(H,14,16). The lowest BCUT2D eigenvalue weighted by atomic mass is 10.2. The fourth-order valence-electron chi connectivity index (χ4n) is 1.41. The monoisotopic (exact) mass is 257 g/mol. The number of aromatic nitrogens is 2. The molecule has 0 amide bonds. The summed E-state index contributed by atoms with van der Waals surface area (Å²) in [4.78, 5) is 18.2. The van der Waals surface area contributed by atoms with Crippen molar-refractivity contribution in [2.24, 2.45) is 5.10 Å². The normalized spacial score (nSPS) is 11.1. The van der Waals surface area contributed by atoms with E-state index >= 15 is 0 Å². The Hall–Kier alpha value is -2.83. The molecule has 0 aliphatic heterocycles. The van der Waals surface area contributed by atoms with Crippen LogP contribution in [0, 0.1) is 10.1 Å². The van der Waals surface area contributed by atoms with E-state index < -0.39 is 4.92 Å². The van der Waals surface area contributed by atoms with Crippen LogP contribution in [0.25, 0.3) is 0 Å². The number of nitro groups is 1. The summed E-state index contributed by atoms with van der Waals surface area (Å²) in [6, 6.07) is 6.50. The number of pyridine rings is 2. The van der Waals surface area contributed by atoms with E-state index in [1.54, 1.807) is 25.4 Å². The molecule has 19 heavy (non-hydrogen) atoms. The molecule has 0 bridgehead atoms. The lowest BCUT2D eigenvalue weighted by Crippen LogP contribution is -2.03. The second-order valence-corrected chi connectivity index (χ2v) is 3.68. The van der Waals surface area contributed by atoms with Crippen molar-refractivity contribution >= 4 is 17.2 Å². The molecule has 7 nitrogen and oxygen atoms in total. The van der Waals surface area contributed by atoms with Crippen molar-refractivity contribution in [3.05, 3.63) is 58.5 Å². The average molecular weight is 257 g/mol. The third kappa shape index (κ3) is 3.09. The molecule has 0 aliphatic rings. The van der Waals surface area contributed by atoms with E-state index in [0.717, 1.165) is 5.56 Å². The summed E-state index contributed by atoms with van der Waals surface area (Å²) in [6.45, 7) is 1.78. The molecule has 0 unspecified atom stereocenters. The van der Waals surface area contributed by atoms with E-state index in [2.05, 4.69) is 20.5 Å². The van der Waals surface area contributed by atoms with Gasteiger partial charge in [0.15, 0.2) is 0 Å². The van der Waals surface area contributed by atoms with Gasteiger partial charge in [0.25, 0.3) is 0 Å². The van der Waals surface area contributed by atoms with Crippen molar-refractivity contribution in [3.8, 4) is 0 Å². The fraction of sp³-hybridized carbons (Fsp3) is 0.0833. The van der Waals surface area contributed by atoms with Gasteiger partial charge >= 0.3 is 5.69 Å². The minimum Gasteiger partial charge on any atom is -0.264 e. The second-order valence-electron chi connectivity index (χ2n) is 3.68. The van der Waals surface area contributed by atoms with Crippen LogP contribution in [-0.2, 0) is 0 Å². The summed E-state index contributed by atoms with van der Waals surface area (Å²) >= 11 is 0. The van der Waals surface area contributed by atoms with Gasteiger partial charge in [-0.2, -0.15) is 5.10 Å². The average Bonchev–Trinajstić information content (AvgIpc) is 2.46. The van der Waals surface area contributed by atoms with Gasteiger partial charge in [0.1, 0.15) is 0 Å². The molecular weight excluding hydrogens is 246 g/mol. The lowest BCUT2D eigenvalue weighted by Gasteiger charge is -2.02. The van der Waals surface area contributed by atoms with Crippen molar-refractivity contribution in [1.82, 2.24) is 9.97 Å². The molecule has 0 aliphatic carbocycles. The van der Waals surface area contributed by atoms with Gasteiger partial charge in [-0.3, -0.25) is 20.5 Å². The van der Waals surface area contributed by atoms with Crippen molar-refractivity contribution in [2.75, 3.05) is 5.43 Å². The number of rotatable bonds is 4. The van der Waals surface area contributed by atoms with E-state index in [1.165, 1.54) is 18.3 Å². The second kappa shape index (κ2) is 5.67. The van der Waals surface area contributed by atoms with Gasteiger partial charge in [0.2, 0.25) is 5.82 Å². The zero-order valence-corrected chi connectivity index (χ0v) is 10.1. The van der Waals surface area contributed by atoms with Crippen LogP contribution < -0.4 is 5.43 Å². The molecule has 0 aromatic carbocycles. The summed E-state index contributed by atoms with van der Waals surface area (Å²) in [5, 5.41) is 14.9. The lowest BCUT2D eigenvalue weighted by molar-refractivity contribution is -0.384. The van der Waals surface area contributed by atoms with E-state index in [-0.39, 0.29) is 11.5 Å².